The minimum Gasteiger partial charge on any atom is -0.465 e. The van der Waals surface area contributed by atoms with E-state index in [0.717, 1.165) is 31.4 Å². The van der Waals surface area contributed by atoms with Gasteiger partial charge in [-0.15, -0.1) is 0 Å². The van der Waals surface area contributed by atoms with Gasteiger partial charge in [0.1, 0.15) is 5.02 Å². The standard InChI is InChI=1S/C15H10ClN3O7/c1-26-15(21)9-4-8(5-11(6-9)18(22)23)14(20)17-10-2-3-12(16)13(7-10)19(24)25/h2-7H,1H3,(H,17,20). The number of anilines is 1. The van der Waals surface area contributed by atoms with Gasteiger partial charge < -0.3 is 10.1 Å². The van der Waals surface area contributed by atoms with Crippen molar-refractivity contribution in [3.63, 3.8) is 0 Å². The van der Waals surface area contributed by atoms with Gasteiger partial charge in [-0.25, -0.2) is 4.79 Å². The van der Waals surface area contributed by atoms with Crippen LogP contribution >= 0.6 is 11.6 Å². The lowest BCUT2D eigenvalue weighted by Crippen LogP contribution is -2.14. The van der Waals surface area contributed by atoms with Crippen molar-refractivity contribution in [3.05, 3.63) is 72.8 Å². The molecule has 0 saturated carbocycles. The Morgan fingerprint density at radius 2 is 1.69 bits per heavy atom. The van der Waals surface area contributed by atoms with Crippen molar-refractivity contribution < 1.29 is 24.2 Å². The Labute approximate surface area is 150 Å². The average Bonchev–Trinajstić information content (AvgIpc) is 2.61. The molecule has 0 aromatic heterocycles. The molecule has 10 nitrogen and oxygen atoms in total. The summed E-state index contributed by atoms with van der Waals surface area (Å²) >= 11 is 5.69. The molecule has 26 heavy (non-hydrogen) atoms. The number of benzene rings is 2. The van der Waals surface area contributed by atoms with E-state index in [-0.39, 0.29) is 21.8 Å². The van der Waals surface area contributed by atoms with Crippen LogP contribution in [0.1, 0.15) is 20.7 Å². The van der Waals surface area contributed by atoms with Gasteiger partial charge in [0.05, 0.1) is 22.5 Å². The van der Waals surface area contributed by atoms with Gasteiger partial charge in [0.2, 0.25) is 0 Å². The average molecular weight is 380 g/mol. The zero-order valence-corrected chi connectivity index (χ0v) is 13.9. The molecule has 2 aromatic carbocycles. The summed E-state index contributed by atoms with van der Waals surface area (Å²) in [5.74, 6) is -1.67. The van der Waals surface area contributed by atoms with Crippen molar-refractivity contribution in [3.8, 4) is 0 Å². The van der Waals surface area contributed by atoms with Crippen LogP contribution in [0.2, 0.25) is 5.02 Å². The number of carbonyl (C=O) groups is 2. The van der Waals surface area contributed by atoms with E-state index in [2.05, 4.69) is 10.1 Å². The molecule has 0 atom stereocenters. The molecule has 0 heterocycles. The van der Waals surface area contributed by atoms with E-state index in [1.165, 1.54) is 12.1 Å². The molecular weight excluding hydrogens is 370 g/mol. The maximum Gasteiger partial charge on any atom is 0.338 e. The summed E-state index contributed by atoms with van der Waals surface area (Å²) in [6.45, 7) is 0. The third-order valence-electron chi connectivity index (χ3n) is 3.21. The Balaban J connectivity index is 2.39. The van der Waals surface area contributed by atoms with Gasteiger partial charge in [-0.05, 0) is 18.2 Å². The maximum absolute atomic E-state index is 12.3. The summed E-state index contributed by atoms with van der Waals surface area (Å²) in [7, 11) is 1.09. The minimum atomic E-state index is -0.857. The highest BCUT2D eigenvalue weighted by molar-refractivity contribution is 6.32. The van der Waals surface area contributed by atoms with E-state index < -0.39 is 33.1 Å². The summed E-state index contributed by atoms with van der Waals surface area (Å²) in [5.41, 5.74) is -1.23. The van der Waals surface area contributed by atoms with E-state index >= 15 is 0 Å². The summed E-state index contributed by atoms with van der Waals surface area (Å²) in [6, 6.07) is 6.63. The van der Waals surface area contributed by atoms with E-state index in [1.54, 1.807) is 0 Å². The fourth-order valence-electron chi connectivity index (χ4n) is 2.02. The van der Waals surface area contributed by atoms with E-state index in [1.807, 2.05) is 0 Å². The van der Waals surface area contributed by atoms with Crippen molar-refractivity contribution >= 4 is 40.5 Å². The number of ether oxygens (including phenoxy) is 1. The Bertz CT molecular complexity index is 929. The maximum atomic E-state index is 12.3. The topological polar surface area (TPSA) is 142 Å². The number of non-ortho nitro benzene ring substituents is 1. The molecule has 1 N–H and O–H groups in total. The van der Waals surface area contributed by atoms with Crippen LogP contribution in [0, 0.1) is 20.2 Å². The molecule has 0 bridgehead atoms. The molecule has 0 unspecified atom stereocenters. The summed E-state index contributed by atoms with van der Waals surface area (Å²) in [5, 5.41) is 24.1. The Morgan fingerprint density at radius 1 is 1.04 bits per heavy atom. The van der Waals surface area contributed by atoms with Gasteiger partial charge in [-0.3, -0.25) is 25.0 Å². The van der Waals surface area contributed by atoms with Crippen molar-refractivity contribution in [1.82, 2.24) is 0 Å². The van der Waals surface area contributed by atoms with Crippen LogP contribution in [0.5, 0.6) is 0 Å². The monoisotopic (exact) mass is 379 g/mol. The number of nitro benzene ring substituents is 2. The highest BCUT2D eigenvalue weighted by Crippen LogP contribution is 2.28. The fourth-order valence-corrected chi connectivity index (χ4v) is 2.20. The normalized spacial score (nSPS) is 10.1. The van der Waals surface area contributed by atoms with Crippen molar-refractivity contribution in [2.24, 2.45) is 0 Å². The molecule has 11 heteroatoms. The first-order valence-corrected chi connectivity index (χ1v) is 7.24. The van der Waals surface area contributed by atoms with E-state index in [9.17, 15) is 29.8 Å². The smallest absolute Gasteiger partial charge is 0.338 e. The summed E-state index contributed by atoms with van der Waals surface area (Å²) < 4.78 is 4.50. The predicted molar refractivity (Wildman–Crippen MR) is 90.5 cm³/mol. The molecule has 1 amide bonds. The Kier molecular flexibility index (Phi) is 5.48. The number of esters is 1. The minimum absolute atomic E-state index is 0.0530. The van der Waals surface area contributed by atoms with Crippen LogP contribution in [0.3, 0.4) is 0 Å². The van der Waals surface area contributed by atoms with Gasteiger partial charge in [0.15, 0.2) is 0 Å². The molecule has 0 fully saturated rings. The third-order valence-corrected chi connectivity index (χ3v) is 3.53. The van der Waals surface area contributed by atoms with Crippen molar-refractivity contribution in [2.45, 2.75) is 0 Å². The number of hydrogen-bond donors (Lipinski definition) is 1. The number of nitro groups is 2. The molecule has 0 saturated heterocycles. The van der Waals surface area contributed by atoms with Gasteiger partial charge in [0, 0.05) is 29.4 Å². The molecule has 0 aliphatic rings. The van der Waals surface area contributed by atoms with Crippen molar-refractivity contribution in [2.75, 3.05) is 12.4 Å². The number of hydrogen-bond acceptors (Lipinski definition) is 7. The van der Waals surface area contributed by atoms with Gasteiger partial charge in [0.25, 0.3) is 17.3 Å². The van der Waals surface area contributed by atoms with Crippen LogP contribution in [-0.4, -0.2) is 28.8 Å². The van der Waals surface area contributed by atoms with E-state index in [0.29, 0.717) is 0 Å². The zero-order chi connectivity index (χ0) is 19.4. The Hall–Kier alpha value is -3.53. The fraction of sp³-hybridized carbons (Fsp3) is 0.0667. The largest absolute Gasteiger partial charge is 0.465 e. The number of nitrogens with one attached hydrogen (secondary N) is 1. The van der Waals surface area contributed by atoms with Gasteiger partial charge in [-0.2, -0.15) is 0 Å². The van der Waals surface area contributed by atoms with Crippen LogP contribution in [0.25, 0.3) is 0 Å². The molecular formula is C15H10ClN3O7. The first-order chi connectivity index (χ1) is 12.2. The molecule has 2 aromatic rings. The number of methoxy groups -OCH3 is 1. The lowest BCUT2D eigenvalue weighted by atomic mass is 10.1. The quantitative estimate of drug-likeness (QED) is 0.477. The zero-order valence-electron chi connectivity index (χ0n) is 13.1. The lowest BCUT2D eigenvalue weighted by molar-refractivity contribution is -0.385. The highest BCUT2D eigenvalue weighted by atomic mass is 35.5. The predicted octanol–water partition coefficient (Wildman–Crippen LogP) is 3.20. The Morgan fingerprint density at radius 3 is 2.27 bits per heavy atom. The lowest BCUT2D eigenvalue weighted by Gasteiger charge is -2.07. The third kappa shape index (κ3) is 4.11. The number of rotatable bonds is 5. The highest BCUT2D eigenvalue weighted by Gasteiger charge is 2.19. The molecule has 0 radical (unpaired) electrons. The number of halogens is 1. The second kappa shape index (κ2) is 7.57. The SMILES string of the molecule is COC(=O)c1cc(C(=O)Nc2ccc(Cl)c([N+](=O)[O-])c2)cc([N+](=O)[O-])c1. The first kappa shape index (κ1) is 18.8. The van der Waals surface area contributed by atoms with Crippen LogP contribution in [-0.2, 0) is 4.74 Å². The molecule has 2 rings (SSSR count). The number of carbonyl (C=O) groups excluding carboxylic acids is 2. The molecule has 0 aliphatic heterocycles. The summed E-state index contributed by atoms with van der Waals surface area (Å²) in [4.78, 5) is 44.3. The first-order valence-electron chi connectivity index (χ1n) is 6.86. The van der Waals surface area contributed by atoms with Crippen molar-refractivity contribution in [1.29, 1.82) is 0 Å². The van der Waals surface area contributed by atoms with Crippen LogP contribution < -0.4 is 5.32 Å². The van der Waals surface area contributed by atoms with Crippen LogP contribution in [0.4, 0.5) is 17.1 Å². The number of amides is 1. The van der Waals surface area contributed by atoms with E-state index in [4.69, 9.17) is 11.6 Å². The second-order valence-corrected chi connectivity index (χ2v) is 5.30. The van der Waals surface area contributed by atoms with Gasteiger partial charge >= 0.3 is 5.97 Å². The molecule has 0 aliphatic carbocycles. The number of nitrogens with zero attached hydrogens (tertiary/aromatic N) is 2. The molecule has 134 valence electrons. The second-order valence-electron chi connectivity index (χ2n) is 4.89. The van der Waals surface area contributed by atoms with Crippen LogP contribution in [0.15, 0.2) is 36.4 Å². The summed E-state index contributed by atoms with van der Waals surface area (Å²) in [6.07, 6.45) is 0. The van der Waals surface area contributed by atoms with Gasteiger partial charge in [-0.1, -0.05) is 11.6 Å². The molecule has 0 spiro atoms.